The summed E-state index contributed by atoms with van der Waals surface area (Å²) in [4.78, 5) is 0. The lowest BCUT2D eigenvalue weighted by atomic mass is 9.97. The Morgan fingerprint density at radius 3 is 2.71 bits per heavy atom. The van der Waals surface area contributed by atoms with Crippen LogP contribution in [-0.4, -0.2) is 0 Å². The Kier molecular flexibility index (Phi) is 3.78. The highest BCUT2D eigenvalue weighted by atomic mass is 16.3. The maximum absolute atomic E-state index is 5.99. The van der Waals surface area contributed by atoms with Gasteiger partial charge in [0.15, 0.2) is 0 Å². The summed E-state index contributed by atoms with van der Waals surface area (Å²) in [5.41, 5.74) is 7.45. The molecule has 0 amide bonds. The van der Waals surface area contributed by atoms with Crippen LogP contribution in [0.2, 0.25) is 0 Å². The number of nitrogens with two attached hydrogens (primary N) is 1. The fraction of sp³-hybridized carbons (Fsp3) is 0.222. The molecule has 2 aromatic carbocycles. The van der Waals surface area contributed by atoms with Gasteiger partial charge in [0, 0.05) is 5.39 Å². The summed E-state index contributed by atoms with van der Waals surface area (Å²) in [7, 11) is 0. The highest BCUT2D eigenvalue weighted by Gasteiger charge is 2.19. The molecule has 3 N–H and O–H groups in total. The molecule has 0 bridgehead atoms. The van der Waals surface area contributed by atoms with Crippen molar-refractivity contribution in [2.24, 2.45) is 5.84 Å². The maximum Gasteiger partial charge on any atom is 0.134 e. The van der Waals surface area contributed by atoms with E-state index < -0.39 is 0 Å². The summed E-state index contributed by atoms with van der Waals surface area (Å²) >= 11 is 0. The van der Waals surface area contributed by atoms with Gasteiger partial charge in [0.25, 0.3) is 0 Å². The second-order valence-corrected chi connectivity index (χ2v) is 5.34. The lowest BCUT2D eigenvalue weighted by Crippen LogP contribution is -2.29. The van der Waals surface area contributed by atoms with Crippen molar-refractivity contribution in [1.82, 2.24) is 5.43 Å². The van der Waals surface area contributed by atoms with E-state index in [0.717, 1.165) is 23.2 Å². The number of aryl methyl sites for hydroxylation is 2. The van der Waals surface area contributed by atoms with E-state index in [0.29, 0.717) is 0 Å². The normalized spacial score (nSPS) is 12.7. The number of hydrogen-bond acceptors (Lipinski definition) is 3. The predicted molar refractivity (Wildman–Crippen MR) is 85.9 cm³/mol. The minimum absolute atomic E-state index is 0.131. The van der Waals surface area contributed by atoms with E-state index in [9.17, 15) is 0 Å². The van der Waals surface area contributed by atoms with E-state index in [-0.39, 0.29) is 6.04 Å². The standard InChI is InChI=1S/C18H20N2O/c1-3-13-6-4-5-7-15(13)18(20-19)17-11-14-10-12(2)8-9-16(14)21-17/h4-11,18,20H,3,19H2,1-2H3. The highest BCUT2D eigenvalue weighted by molar-refractivity contribution is 5.79. The first-order chi connectivity index (χ1) is 10.2. The lowest BCUT2D eigenvalue weighted by Gasteiger charge is -2.17. The molecule has 3 nitrogen and oxygen atoms in total. The van der Waals surface area contributed by atoms with Crippen LogP contribution >= 0.6 is 0 Å². The molecule has 3 heteroatoms. The molecule has 21 heavy (non-hydrogen) atoms. The highest BCUT2D eigenvalue weighted by Crippen LogP contribution is 2.30. The molecule has 0 aliphatic rings. The average Bonchev–Trinajstić information content (AvgIpc) is 2.91. The number of fused-ring (bicyclic) bond motifs is 1. The summed E-state index contributed by atoms with van der Waals surface area (Å²) in [6, 6.07) is 16.4. The van der Waals surface area contributed by atoms with Crippen LogP contribution in [-0.2, 0) is 6.42 Å². The Hall–Kier alpha value is -2.10. The Morgan fingerprint density at radius 2 is 1.95 bits per heavy atom. The number of nitrogens with one attached hydrogen (secondary N) is 1. The summed E-state index contributed by atoms with van der Waals surface area (Å²) < 4.78 is 5.99. The van der Waals surface area contributed by atoms with Gasteiger partial charge in [-0.3, -0.25) is 5.84 Å². The zero-order valence-electron chi connectivity index (χ0n) is 12.4. The zero-order chi connectivity index (χ0) is 14.8. The fourth-order valence-electron chi connectivity index (χ4n) is 2.79. The first-order valence-corrected chi connectivity index (χ1v) is 7.27. The van der Waals surface area contributed by atoms with Crippen LogP contribution in [0.5, 0.6) is 0 Å². The van der Waals surface area contributed by atoms with Crippen molar-refractivity contribution in [3.8, 4) is 0 Å². The summed E-state index contributed by atoms with van der Waals surface area (Å²) in [5, 5.41) is 1.11. The topological polar surface area (TPSA) is 51.2 Å². The molecule has 108 valence electrons. The Morgan fingerprint density at radius 1 is 1.14 bits per heavy atom. The predicted octanol–water partition coefficient (Wildman–Crippen LogP) is 3.86. The van der Waals surface area contributed by atoms with Gasteiger partial charge in [-0.15, -0.1) is 0 Å². The molecule has 3 aromatic rings. The first kappa shape index (κ1) is 13.9. The molecular weight excluding hydrogens is 260 g/mol. The number of hydrazine groups is 1. The van der Waals surface area contributed by atoms with Crippen LogP contribution in [0.15, 0.2) is 52.9 Å². The maximum atomic E-state index is 5.99. The van der Waals surface area contributed by atoms with Crippen molar-refractivity contribution < 1.29 is 4.42 Å². The number of hydrogen-bond donors (Lipinski definition) is 2. The number of furan rings is 1. The summed E-state index contributed by atoms with van der Waals surface area (Å²) in [6.07, 6.45) is 0.966. The molecule has 1 atom stereocenters. The van der Waals surface area contributed by atoms with E-state index in [1.165, 1.54) is 16.7 Å². The SMILES string of the molecule is CCc1ccccc1C(NN)c1cc2cc(C)ccc2o1. The molecule has 1 unspecified atom stereocenters. The lowest BCUT2D eigenvalue weighted by molar-refractivity contribution is 0.475. The number of rotatable bonds is 4. The van der Waals surface area contributed by atoms with E-state index in [2.05, 4.69) is 55.7 Å². The van der Waals surface area contributed by atoms with E-state index >= 15 is 0 Å². The first-order valence-electron chi connectivity index (χ1n) is 7.27. The van der Waals surface area contributed by atoms with Crippen LogP contribution in [0.4, 0.5) is 0 Å². The van der Waals surface area contributed by atoms with Gasteiger partial charge < -0.3 is 4.42 Å². The van der Waals surface area contributed by atoms with E-state index in [1.807, 2.05) is 12.1 Å². The van der Waals surface area contributed by atoms with Gasteiger partial charge >= 0.3 is 0 Å². The third kappa shape index (κ3) is 2.58. The van der Waals surface area contributed by atoms with Crippen molar-refractivity contribution in [3.63, 3.8) is 0 Å². The van der Waals surface area contributed by atoms with E-state index in [1.54, 1.807) is 0 Å². The minimum Gasteiger partial charge on any atom is -0.459 e. The molecule has 1 aromatic heterocycles. The van der Waals surface area contributed by atoms with Gasteiger partial charge in [0.05, 0.1) is 0 Å². The van der Waals surface area contributed by atoms with Gasteiger partial charge in [-0.2, -0.15) is 0 Å². The molecule has 0 saturated heterocycles. The molecule has 3 rings (SSSR count). The van der Waals surface area contributed by atoms with Crippen molar-refractivity contribution in [3.05, 3.63) is 71.0 Å². The van der Waals surface area contributed by atoms with Crippen LogP contribution in [0, 0.1) is 6.92 Å². The van der Waals surface area contributed by atoms with Gasteiger partial charge in [-0.25, -0.2) is 5.43 Å². The van der Waals surface area contributed by atoms with E-state index in [4.69, 9.17) is 10.3 Å². The largest absolute Gasteiger partial charge is 0.459 e. The van der Waals surface area contributed by atoms with Gasteiger partial charge in [-0.1, -0.05) is 42.8 Å². The Bertz CT molecular complexity index is 761. The smallest absolute Gasteiger partial charge is 0.134 e. The zero-order valence-corrected chi connectivity index (χ0v) is 12.4. The average molecular weight is 280 g/mol. The van der Waals surface area contributed by atoms with Crippen molar-refractivity contribution in [1.29, 1.82) is 0 Å². The van der Waals surface area contributed by atoms with Gasteiger partial charge in [0.2, 0.25) is 0 Å². The van der Waals surface area contributed by atoms with Crippen LogP contribution in [0.1, 0.15) is 35.4 Å². The summed E-state index contributed by atoms with van der Waals surface area (Å²) in [6.45, 7) is 4.23. The Labute approximate surface area is 124 Å². The minimum atomic E-state index is -0.131. The molecular formula is C18H20N2O. The molecule has 0 fully saturated rings. The monoisotopic (exact) mass is 280 g/mol. The fourth-order valence-corrected chi connectivity index (χ4v) is 2.79. The van der Waals surface area contributed by atoms with Gasteiger partial charge in [-0.05, 0) is 42.7 Å². The third-order valence-corrected chi connectivity index (χ3v) is 3.89. The molecule has 0 radical (unpaired) electrons. The van der Waals surface area contributed by atoms with Crippen LogP contribution < -0.4 is 11.3 Å². The second-order valence-electron chi connectivity index (χ2n) is 5.34. The van der Waals surface area contributed by atoms with Crippen molar-refractivity contribution >= 4 is 11.0 Å². The number of benzene rings is 2. The van der Waals surface area contributed by atoms with Crippen molar-refractivity contribution in [2.45, 2.75) is 26.3 Å². The van der Waals surface area contributed by atoms with Crippen LogP contribution in [0.25, 0.3) is 11.0 Å². The summed E-state index contributed by atoms with van der Waals surface area (Å²) in [5.74, 6) is 6.65. The van der Waals surface area contributed by atoms with Gasteiger partial charge in [0.1, 0.15) is 17.4 Å². The molecule has 0 aliphatic heterocycles. The molecule has 1 heterocycles. The van der Waals surface area contributed by atoms with Crippen molar-refractivity contribution in [2.75, 3.05) is 0 Å². The molecule has 0 saturated carbocycles. The molecule has 0 aliphatic carbocycles. The quantitative estimate of drug-likeness (QED) is 0.563. The van der Waals surface area contributed by atoms with Crippen LogP contribution in [0.3, 0.4) is 0 Å². The Balaban J connectivity index is 2.09. The third-order valence-electron chi connectivity index (χ3n) is 3.89. The second kappa shape index (κ2) is 5.72. The molecule has 0 spiro atoms.